The van der Waals surface area contributed by atoms with Gasteiger partial charge in [-0.15, -0.1) is 0 Å². The van der Waals surface area contributed by atoms with Gasteiger partial charge in [-0.05, 0) is 40.9 Å². The van der Waals surface area contributed by atoms with Gasteiger partial charge in [0.05, 0.1) is 5.56 Å². The minimum absolute atomic E-state index is 0.287. The molecule has 1 atom stereocenters. The Hall–Kier alpha value is -1.07. The number of primary amides is 1. The molecule has 1 aromatic rings. The molecular formula is C13H20BrN3O. The highest BCUT2D eigenvalue weighted by Gasteiger charge is 2.28. The Kier molecular flexibility index (Phi) is 4.76. The molecule has 5 heteroatoms. The Morgan fingerprint density at radius 3 is 2.56 bits per heavy atom. The monoisotopic (exact) mass is 313 g/mol. The molecule has 1 amide bonds. The van der Waals surface area contributed by atoms with Crippen LogP contribution in [0, 0.1) is 5.92 Å². The summed E-state index contributed by atoms with van der Waals surface area (Å²) in [6.07, 6.45) is 0. The third kappa shape index (κ3) is 3.03. The normalized spacial score (nSPS) is 14.3. The van der Waals surface area contributed by atoms with E-state index in [-0.39, 0.29) is 5.54 Å². The summed E-state index contributed by atoms with van der Waals surface area (Å²) in [7, 11) is 0. The first-order chi connectivity index (χ1) is 8.31. The van der Waals surface area contributed by atoms with Gasteiger partial charge < -0.3 is 16.8 Å². The summed E-state index contributed by atoms with van der Waals surface area (Å²) >= 11 is 3.34. The number of halogens is 1. The van der Waals surface area contributed by atoms with Crippen molar-refractivity contribution in [3.8, 4) is 0 Å². The van der Waals surface area contributed by atoms with Crippen LogP contribution in [0.5, 0.6) is 0 Å². The van der Waals surface area contributed by atoms with Crippen LogP contribution in [-0.2, 0) is 0 Å². The van der Waals surface area contributed by atoms with Crippen LogP contribution in [0.25, 0.3) is 0 Å². The van der Waals surface area contributed by atoms with E-state index in [1.807, 2.05) is 19.1 Å². The second-order valence-electron chi connectivity index (χ2n) is 4.93. The maximum atomic E-state index is 11.5. The van der Waals surface area contributed by atoms with Gasteiger partial charge in [-0.25, -0.2) is 0 Å². The van der Waals surface area contributed by atoms with Gasteiger partial charge in [-0.3, -0.25) is 4.79 Å². The van der Waals surface area contributed by atoms with Crippen molar-refractivity contribution in [1.82, 2.24) is 0 Å². The molecule has 0 heterocycles. The minimum atomic E-state index is -0.465. The molecule has 0 saturated heterocycles. The highest BCUT2D eigenvalue weighted by molar-refractivity contribution is 9.10. The van der Waals surface area contributed by atoms with Gasteiger partial charge in [0, 0.05) is 22.2 Å². The van der Waals surface area contributed by atoms with Gasteiger partial charge in [0.2, 0.25) is 0 Å². The first-order valence-corrected chi connectivity index (χ1v) is 6.67. The summed E-state index contributed by atoms with van der Waals surface area (Å²) in [5.74, 6) is -0.143. The third-order valence-corrected chi connectivity index (χ3v) is 4.04. The largest absolute Gasteiger partial charge is 0.378 e. The van der Waals surface area contributed by atoms with Crippen molar-refractivity contribution < 1.29 is 4.79 Å². The first kappa shape index (κ1) is 15.0. The molecule has 0 aliphatic heterocycles. The van der Waals surface area contributed by atoms with E-state index >= 15 is 0 Å². The number of carbonyl (C=O) groups excluding carboxylic acids is 1. The van der Waals surface area contributed by atoms with Crippen molar-refractivity contribution >= 4 is 27.5 Å². The summed E-state index contributed by atoms with van der Waals surface area (Å²) in [6, 6.07) is 5.48. The van der Waals surface area contributed by atoms with Crippen molar-refractivity contribution in [3.05, 3.63) is 28.2 Å². The number of anilines is 1. The lowest BCUT2D eigenvalue weighted by atomic mass is 9.88. The fourth-order valence-corrected chi connectivity index (χ4v) is 2.18. The van der Waals surface area contributed by atoms with Crippen LogP contribution in [0.3, 0.4) is 0 Å². The topological polar surface area (TPSA) is 81.1 Å². The van der Waals surface area contributed by atoms with E-state index < -0.39 is 5.91 Å². The lowest BCUT2D eigenvalue weighted by Gasteiger charge is -2.35. The Morgan fingerprint density at radius 2 is 2.11 bits per heavy atom. The molecule has 0 spiro atoms. The number of rotatable bonds is 5. The lowest BCUT2D eigenvalue weighted by molar-refractivity contribution is 0.1000. The Balaban J connectivity index is 3.19. The van der Waals surface area contributed by atoms with E-state index in [0.29, 0.717) is 28.2 Å². The van der Waals surface area contributed by atoms with Gasteiger partial charge in [0.15, 0.2) is 0 Å². The molecule has 4 nitrogen and oxygen atoms in total. The average molecular weight is 314 g/mol. The SMILES string of the molecule is CC(C)C(C)(CN)Nc1cccc(Br)c1C(N)=O. The van der Waals surface area contributed by atoms with Gasteiger partial charge in [-0.1, -0.05) is 19.9 Å². The molecule has 0 aliphatic carbocycles. The average Bonchev–Trinajstić information content (AvgIpc) is 2.28. The Morgan fingerprint density at radius 1 is 1.50 bits per heavy atom. The molecule has 0 radical (unpaired) electrons. The molecule has 1 unspecified atom stereocenters. The van der Waals surface area contributed by atoms with Crippen molar-refractivity contribution in [2.45, 2.75) is 26.3 Å². The summed E-state index contributed by atoms with van der Waals surface area (Å²) < 4.78 is 0.683. The second kappa shape index (κ2) is 5.71. The number of hydrogen-bond donors (Lipinski definition) is 3. The van der Waals surface area contributed by atoms with Crippen LogP contribution in [0.15, 0.2) is 22.7 Å². The van der Waals surface area contributed by atoms with Crippen molar-refractivity contribution in [1.29, 1.82) is 0 Å². The van der Waals surface area contributed by atoms with E-state index in [1.54, 1.807) is 6.07 Å². The van der Waals surface area contributed by atoms with Crippen molar-refractivity contribution in [2.75, 3.05) is 11.9 Å². The second-order valence-corrected chi connectivity index (χ2v) is 5.78. The van der Waals surface area contributed by atoms with Crippen LogP contribution < -0.4 is 16.8 Å². The van der Waals surface area contributed by atoms with Crippen LogP contribution in [0.1, 0.15) is 31.1 Å². The minimum Gasteiger partial charge on any atom is -0.378 e. The van der Waals surface area contributed by atoms with E-state index in [4.69, 9.17) is 11.5 Å². The maximum Gasteiger partial charge on any atom is 0.251 e. The molecule has 18 heavy (non-hydrogen) atoms. The van der Waals surface area contributed by atoms with Gasteiger partial charge in [-0.2, -0.15) is 0 Å². The summed E-state index contributed by atoms with van der Waals surface area (Å²) in [5, 5.41) is 3.34. The Bertz CT molecular complexity index is 448. The van der Waals surface area contributed by atoms with Gasteiger partial charge >= 0.3 is 0 Å². The van der Waals surface area contributed by atoms with Crippen LogP contribution in [0.2, 0.25) is 0 Å². The molecule has 5 N–H and O–H groups in total. The van der Waals surface area contributed by atoms with Gasteiger partial charge in [0.25, 0.3) is 5.91 Å². The van der Waals surface area contributed by atoms with Gasteiger partial charge in [0.1, 0.15) is 0 Å². The highest BCUT2D eigenvalue weighted by atomic mass is 79.9. The van der Waals surface area contributed by atoms with Crippen LogP contribution >= 0.6 is 15.9 Å². The zero-order chi connectivity index (χ0) is 13.9. The molecule has 0 bridgehead atoms. The van der Waals surface area contributed by atoms with E-state index in [2.05, 4.69) is 35.1 Å². The van der Waals surface area contributed by atoms with E-state index in [0.717, 1.165) is 0 Å². The van der Waals surface area contributed by atoms with Crippen LogP contribution in [0.4, 0.5) is 5.69 Å². The number of nitrogens with two attached hydrogens (primary N) is 2. The number of nitrogens with one attached hydrogen (secondary N) is 1. The Labute approximate surface area is 116 Å². The number of benzene rings is 1. The summed E-state index contributed by atoms with van der Waals surface area (Å²) in [6.45, 7) is 6.67. The highest BCUT2D eigenvalue weighted by Crippen LogP contribution is 2.29. The smallest absolute Gasteiger partial charge is 0.251 e. The lowest BCUT2D eigenvalue weighted by Crippen LogP contribution is -2.47. The summed E-state index contributed by atoms with van der Waals surface area (Å²) in [5.41, 5.74) is 12.1. The fourth-order valence-electron chi connectivity index (χ4n) is 1.62. The molecule has 100 valence electrons. The summed E-state index contributed by atoms with van der Waals surface area (Å²) in [4.78, 5) is 11.5. The number of carbonyl (C=O) groups is 1. The number of amides is 1. The fraction of sp³-hybridized carbons (Fsp3) is 0.462. The van der Waals surface area contributed by atoms with E-state index in [1.165, 1.54) is 0 Å². The van der Waals surface area contributed by atoms with Crippen molar-refractivity contribution in [2.24, 2.45) is 17.4 Å². The molecular weight excluding hydrogens is 294 g/mol. The first-order valence-electron chi connectivity index (χ1n) is 5.88. The zero-order valence-corrected chi connectivity index (χ0v) is 12.5. The standard InChI is InChI=1S/C13H20BrN3O/c1-8(2)13(3,7-15)17-10-6-4-5-9(14)11(10)12(16)18/h4-6,8,17H,7,15H2,1-3H3,(H2,16,18). The number of hydrogen-bond acceptors (Lipinski definition) is 3. The quantitative estimate of drug-likeness (QED) is 0.780. The van der Waals surface area contributed by atoms with Crippen LogP contribution in [-0.4, -0.2) is 18.0 Å². The predicted octanol–water partition coefficient (Wildman–Crippen LogP) is 2.33. The van der Waals surface area contributed by atoms with Crippen molar-refractivity contribution in [3.63, 3.8) is 0 Å². The molecule has 1 rings (SSSR count). The maximum absolute atomic E-state index is 11.5. The molecule has 0 saturated carbocycles. The molecule has 0 aliphatic rings. The molecule has 0 aromatic heterocycles. The molecule has 1 aromatic carbocycles. The zero-order valence-electron chi connectivity index (χ0n) is 11.0. The van der Waals surface area contributed by atoms with E-state index in [9.17, 15) is 4.79 Å². The third-order valence-electron chi connectivity index (χ3n) is 3.38. The molecule has 0 fully saturated rings. The predicted molar refractivity (Wildman–Crippen MR) is 78.6 cm³/mol.